The van der Waals surface area contributed by atoms with Gasteiger partial charge in [0.2, 0.25) is 0 Å². The average molecular weight is 340 g/mol. The van der Waals surface area contributed by atoms with Crippen molar-refractivity contribution in [2.75, 3.05) is 6.54 Å². The van der Waals surface area contributed by atoms with Crippen molar-refractivity contribution in [2.45, 2.75) is 46.1 Å². The van der Waals surface area contributed by atoms with Crippen molar-refractivity contribution in [1.29, 1.82) is 0 Å². The fourth-order valence-electron chi connectivity index (χ4n) is 3.64. The first kappa shape index (κ1) is 17.3. The van der Waals surface area contributed by atoms with Gasteiger partial charge in [0.1, 0.15) is 0 Å². The third-order valence-corrected chi connectivity index (χ3v) is 4.89. The maximum atomic E-state index is 12.7. The Morgan fingerprint density at radius 2 is 2.00 bits per heavy atom. The molecule has 1 aliphatic heterocycles. The minimum atomic E-state index is -0.525. The highest BCUT2D eigenvalue weighted by molar-refractivity contribution is 6.09. The Hall–Kier alpha value is -2.56. The number of nitrogens with zero attached hydrogens (tertiary/aromatic N) is 1. The number of unbranched alkanes of at least 4 members (excludes halogenated alkanes) is 1. The minimum Gasteiger partial charge on any atom is -0.503 e. The normalized spacial score (nSPS) is 17.8. The Balaban J connectivity index is 2.21. The van der Waals surface area contributed by atoms with E-state index in [4.69, 9.17) is 0 Å². The summed E-state index contributed by atoms with van der Waals surface area (Å²) in [5, 5.41) is 11.4. The summed E-state index contributed by atoms with van der Waals surface area (Å²) >= 11 is 0. The smallest absolute Gasteiger partial charge is 0.290 e. The maximum absolute atomic E-state index is 12.7. The summed E-state index contributed by atoms with van der Waals surface area (Å²) in [5.41, 5.74) is 3.02. The van der Waals surface area contributed by atoms with E-state index in [9.17, 15) is 14.7 Å². The van der Waals surface area contributed by atoms with Crippen molar-refractivity contribution in [3.05, 3.63) is 46.9 Å². The van der Waals surface area contributed by atoms with E-state index in [0.717, 1.165) is 35.0 Å². The van der Waals surface area contributed by atoms with E-state index in [1.54, 1.807) is 11.8 Å². The number of carbonyl (C=O) groups excluding carboxylic acids is 2. The highest BCUT2D eigenvalue weighted by atomic mass is 16.3. The second-order valence-electron chi connectivity index (χ2n) is 6.50. The van der Waals surface area contributed by atoms with E-state index < -0.39 is 17.7 Å². The van der Waals surface area contributed by atoms with Gasteiger partial charge in [-0.15, -0.1) is 0 Å². The summed E-state index contributed by atoms with van der Waals surface area (Å²) in [6.07, 6.45) is 2.01. The maximum Gasteiger partial charge on any atom is 0.290 e. The van der Waals surface area contributed by atoms with Crippen LogP contribution in [0.2, 0.25) is 0 Å². The van der Waals surface area contributed by atoms with Crippen LogP contribution in [0.4, 0.5) is 0 Å². The zero-order valence-corrected chi connectivity index (χ0v) is 14.9. The van der Waals surface area contributed by atoms with Crippen molar-refractivity contribution in [3.8, 4) is 0 Å². The van der Waals surface area contributed by atoms with Crippen LogP contribution in [0.5, 0.6) is 0 Å². The van der Waals surface area contributed by atoms with Crippen LogP contribution in [0, 0.1) is 6.92 Å². The van der Waals surface area contributed by atoms with Crippen LogP contribution in [0.25, 0.3) is 10.9 Å². The van der Waals surface area contributed by atoms with Crippen LogP contribution in [-0.2, 0) is 9.59 Å². The van der Waals surface area contributed by atoms with Crippen LogP contribution in [0.3, 0.4) is 0 Å². The third-order valence-electron chi connectivity index (χ3n) is 4.89. The number of aromatic amines is 1. The van der Waals surface area contributed by atoms with Crippen LogP contribution in [-0.4, -0.2) is 33.2 Å². The SMILES string of the molecule is CCCCN1C(=O)C(O)=C(C(=O)CC)C1c1c(C)[nH]c2ccccc12. The van der Waals surface area contributed by atoms with Gasteiger partial charge >= 0.3 is 0 Å². The minimum absolute atomic E-state index is 0.181. The van der Waals surface area contributed by atoms with Crippen molar-refractivity contribution in [1.82, 2.24) is 9.88 Å². The monoisotopic (exact) mass is 340 g/mol. The number of carbonyl (C=O) groups is 2. The van der Waals surface area contributed by atoms with E-state index in [1.165, 1.54) is 0 Å². The van der Waals surface area contributed by atoms with Gasteiger partial charge < -0.3 is 15.0 Å². The molecule has 1 unspecified atom stereocenters. The number of ketones is 1. The van der Waals surface area contributed by atoms with Gasteiger partial charge in [0.25, 0.3) is 5.91 Å². The predicted molar refractivity (Wildman–Crippen MR) is 97.4 cm³/mol. The van der Waals surface area contributed by atoms with Gasteiger partial charge in [0.15, 0.2) is 11.5 Å². The van der Waals surface area contributed by atoms with Crippen LogP contribution in [0.1, 0.15) is 50.4 Å². The zero-order chi connectivity index (χ0) is 18.1. The molecule has 0 radical (unpaired) electrons. The molecule has 0 saturated heterocycles. The van der Waals surface area contributed by atoms with Crippen LogP contribution < -0.4 is 0 Å². The lowest BCUT2D eigenvalue weighted by atomic mass is 9.93. The molecule has 1 amide bonds. The van der Waals surface area contributed by atoms with Gasteiger partial charge in [-0.05, 0) is 19.4 Å². The molecule has 2 N–H and O–H groups in total. The molecule has 0 spiro atoms. The molecule has 0 bridgehead atoms. The number of Topliss-reactive ketones (excluding diaryl/α,β-unsaturated/α-hetero) is 1. The number of rotatable bonds is 6. The Morgan fingerprint density at radius 1 is 1.28 bits per heavy atom. The van der Waals surface area contributed by atoms with E-state index in [-0.39, 0.29) is 17.8 Å². The average Bonchev–Trinajstić information content (AvgIpc) is 3.06. The van der Waals surface area contributed by atoms with Crippen molar-refractivity contribution in [2.24, 2.45) is 0 Å². The number of aliphatic hydroxyl groups excluding tert-OH is 1. The van der Waals surface area contributed by atoms with Gasteiger partial charge in [0.05, 0.1) is 11.6 Å². The van der Waals surface area contributed by atoms with Gasteiger partial charge in [-0.3, -0.25) is 9.59 Å². The molecule has 0 aliphatic carbocycles. The molecule has 0 fully saturated rings. The molecule has 0 saturated carbocycles. The Bertz CT molecular complexity index is 863. The van der Waals surface area contributed by atoms with Gasteiger partial charge in [-0.25, -0.2) is 0 Å². The summed E-state index contributed by atoms with van der Waals surface area (Å²) in [7, 11) is 0. The van der Waals surface area contributed by atoms with Crippen LogP contribution >= 0.6 is 0 Å². The lowest BCUT2D eigenvalue weighted by Gasteiger charge is -2.27. The number of aromatic nitrogens is 1. The van der Waals surface area contributed by atoms with Crippen molar-refractivity contribution >= 4 is 22.6 Å². The number of H-pyrrole nitrogens is 1. The first-order valence-corrected chi connectivity index (χ1v) is 8.85. The summed E-state index contributed by atoms with van der Waals surface area (Å²) in [6, 6.07) is 7.33. The number of fused-ring (bicyclic) bond motifs is 1. The predicted octanol–water partition coefficient (Wildman–Crippen LogP) is 3.95. The molecule has 2 heterocycles. The lowest BCUT2D eigenvalue weighted by Crippen LogP contribution is -2.32. The molecule has 1 aliphatic rings. The highest BCUT2D eigenvalue weighted by Gasteiger charge is 2.44. The highest BCUT2D eigenvalue weighted by Crippen LogP contribution is 2.42. The number of benzene rings is 1. The first-order chi connectivity index (χ1) is 12.0. The largest absolute Gasteiger partial charge is 0.503 e. The third kappa shape index (κ3) is 2.73. The number of nitrogens with one attached hydrogen (secondary N) is 1. The number of hydrogen-bond donors (Lipinski definition) is 2. The molecular formula is C20H24N2O3. The Kier molecular flexibility index (Phi) is 4.66. The number of hydrogen-bond acceptors (Lipinski definition) is 3. The number of amides is 1. The van der Waals surface area contributed by atoms with Gasteiger partial charge in [-0.2, -0.15) is 0 Å². The zero-order valence-electron chi connectivity index (χ0n) is 14.9. The molecule has 132 valence electrons. The fourth-order valence-corrected chi connectivity index (χ4v) is 3.64. The van der Waals surface area contributed by atoms with Crippen LogP contribution in [0.15, 0.2) is 35.6 Å². The van der Waals surface area contributed by atoms with Crippen molar-refractivity contribution < 1.29 is 14.7 Å². The first-order valence-electron chi connectivity index (χ1n) is 8.85. The summed E-state index contributed by atoms with van der Waals surface area (Å²) in [6.45, 7) is 6.27. The van der Waals surface area contributed by atoms with E-state index in [0.29, 0.717) is 6.54 Å². The molecule has 1 aromatic heterocycles. The molecule has 25 heavy (non-hydrogen) atoms. The molecule has 1 atom stereocenters. The standard InChI is InChI=1S/C20H24N2O3/c1-4-6-11-22-18(17(15(23)5-2)19(24)20(22)25)16-12(3)21-14-10-8-7-9-13(14)16/h7-10,18,21,24H,4-6,11H2,1-3H3. The van der Waals surface area contributed by atoms with Gasteiger partial charge in [-0.1, -0.05) is 38.5 Å². The Morgan fingerprint density at radius 3 is 2.68 bits per heavy atom. The molecule has 5 heteroatoms. The fraction of sp³-hybridized carbons (Fsp3) is 0.400. The Labute approximate surface area is 147 Å². The van der Waals surface area contributed by atoms with Crippen molar-refractivity contribution in [3.63, 3.8) is 0 Å². The van der Waals surface area contributed by atoms with Gasteiger partial charge in [0, 0.05) is 35.1 Å². The molecular weight excluding hydrogens is 316 g/mol. The van der Waals surface area contributed by atoms with E-state index in [1.807, 2.05) is 31.2 Å². The molecule has 1 aromatic carbocycles. The van der Waals surface area contributed by atoms with E-state index >= 15 is 0 Å². The topological polar surface area (TPSA) is 73.4 Å². The summed E-state index contributed by atoms with van der Waals surface area (Å²) in [4.78, 5) is 30.2. The lowest BCUT2D eigenvalue weighted by molar-refractivity contribution is -0.129. The van der Waals surface area contributed by atoms with E-state index in [2.05, 4.69) is 11.9 Å². The quantitative estimate of drug-likeness (QED) is 0.836. The number of para-hydroxylation sites is 1. The second kappa shape index (κ2) is 6.75. The molecule has 3 rings (SSSR count). The summed E-state index contributed by atoms with van der Waals surface area (Å²) in [5.74, 6) is -1.02. The number of aliphatic hydroxyl groups is 1. The number of aryl methyl sites for hydroxylation is 1. The summed E-state index contributed by atoms with van der Waals surface area (Å²) < 4.78 is 0. The molecule has 2 aromatic rings. The second-order valence-corrected chi connectivity index (χ2v) is 6.50. The molecule has 5 nitrogen and oxygen atoms in total.